The zero-order valence-corrected chi connectivity index (χ0v) is 12.8. The molecule has 0 bridgehead atoms. The highest BCUT2D eigenvalue weighted by Crippen LogP contribution is 2.17. The van der Waals surface area contributed by atoms with E-state index in [1.54, 1.807) is 12.1 Å². The average molecular weight is 296 g/mol. The number of nitrogens with one attached hydrogen (secondary N) is 1. The molecule has 5 nitrogen and oxygen atoms in total. The SMILES string of the molecule is CC1CNCC(C)N1C(=O)c1ccc(S(C)(=O)=O)cc1. The molecule has 1 aliphatic heterocycles. The van der Waals surface area contributed by atoms with E-state index in [2.05, 4.69) is 5.32 Å². The molecule has 0 aromatic heterocycles. The van der Waals surface area contributed by atoms with E-state index in [1.165, 1.54) is 12.1 Å². The van der Waals surface area contributed by atoms with Crippen molar-refractivity contribution in [1.82, 2.24) is 10.2 Å². The minimum absolute atomic E-state index is 0.0495. The molecular weight excluding hydrogens is 276 g/mol. The van der Waals surface area contributed by atoms with Gasteiger partial charge in [0.15, 0.2) is 9.84 Å². The van der Waals surface area contributed by atoms with Crippen LogP contribution in [-0.2, 0) is 9.84 Å². The molecule has 6 heteroatoms. The number of carbonyl (C=O) groups is 1. The second-order valence-corrected chi connectivity index (χ2v) is 7.38. The molecule has 0 radical (unpaired) electrons. The Morgan fingerprint density at radius 1 is 1.15 bits per heavy atom. The number of rotatable bonds is 2. The van der Waals surface area contributed by atoms with E-state index >= 15 is 0 Å². The lowest BCUT2D eigenvalue weighted by Gasteiger charge is -2.39. The van der Waals surface area contributed by atoms with Gasteiger partial charge in [0, 0.05) is 37.0 Å². The summed E-state index contributed by atoms with van der Waals surface area (Å²) >= 11 is 0. The van der Waals surface area contributed by atoms with Crippen molar-refractivity contribution < 1.29 is 13.2 Å². The number of piperazine rings is 1. The Morgan fingerprint density at radius 2 is 1.65 bits per heavy atom. The molecule has 1 aromatic carbocycles. The Morgan fingerprint density at radius 3 is 2.10 bits per heavy atom. The molecule has 0 saturated carbocycles. The molecule has 20 heavy (non-hydrogen) atoms. The van der Waals surface area contributed by atoms with Gasteiger partial charge in [0.05, 0.1) is 4.90 Å². The number of nitrogens with zero attached hydrogens (tertiary/aromatic N) is 1. The van der Waals surface area contributed by atoms with E-state index in [0.717, 1.165) is 19.3 Å². The first-order valence-corrected chi connectivity index (χ1v) is 8.53. The lowest BCUT2D eigenvalue weighted by molar-refractivity contribution is 0.0544. The highest BCUT2D eigenvalue weighted by atomic mass is 32.2. The molecule has 0 aliphatic carbocycles. The van der Waals surface area contributed by atoms with Gasteiger partial charge < -0.3 is 10.2 Å². The Hall–Kier alpha value is -1.40. The third-order valence-corrected chi connectivity index (χ3v) is 4.72. The maximum absolute atomic E-state index is 12.5. The summed E-state index contributed by atoms with van der Waals surface area (Å²) in [6, 6.07) is 6.39. The lowest BCUT2D eigenvalue weighted by atomic mass is 10.1. The summed E-state index contributed by atoms with van der Waals surface area (Å²) in [7, 11) is -3.23. The van der Waals surface area contributed by atoms with Crippen LogP contribution in [-0.4, -0.2) is 50.7 Å². The van der Waals surface area contributed by atoms with Crippen molar-refractivity contribution in [3.8, 4) is 0 Å². The summed E-state index contributed by atoms with van der Waals surface area (Å²) in [4.78, 5) is 14.6. The zero-order valence-electron chi connectivity index (χ0n) is 12.0. The fourth-order valence-corrected chi connectivity index (χ4v) is 3.16. The van der Waals surface area contributed by atoms with Crippen LogP contribution < -0.4 is 5.32 Å². The Labute approximate surface area is 119 Å². The molecule has 1 heterocycles. The number of hydrogen-bond donors (Lipinski definition) is 1. The molecule has 2 rings (SSSR count). The van der Waals surface area contributed by atoms with Crippen molar-refractivity contribution in [2.45, 2.75) is 30.8 Å². The fourth-order valence-electron chi connectivity index (χ4n) is 2.53. The van der Waals surface area contributed by atoms with Gasteiger partial charge in [-0.05, 0) is 38.1 Å². The first-order chi connectivity index (χ1) is 9.30. The van der Waals surface area contributed by atoms with Crippen LogP contribution in [0.5, 0.6) is 0 Å². The molecule has 1 saturated heterocycles. The van der Waals surface area contributed by atoms with E-state index < -0.39 is 9.84 Å². The van der Waals surface area contributed by atoms with Gasteiger partial charge in [-0.1, -0.05) is 0 Å². The Bertz CT molecular complexity index is 585. The molecule has 1 aliphatic rings. The standard InChI is InChI=1S/C14H20N2O3S/c1-10-8-15-9-11(2)16(10)14(17)12-4-6-13(7-5-12)20(3,18)19/h4-7,10-11,15H,8-9H2,1-3H3. The van der Waals surface area contributed by atoms with Crippen LogP contribution in [0.1, 0.15) is 24.2 Å². The van der Waals surface area contributed by atoms with Crippen molar-refractivity contribution in [1.29, 1.82) is 0 Å². The number of amides is 1. The first kappa shape index (κ1) is 15.0. The fraction of sp³-hybridized carbons (Fsp3) is 0.500. The molecule has 0 spiro atoms. The van der Waals surface area contributed by atoms with Crippen LogP contribution in [0.4, 0.5) is 0 Å². The van der Waals surface area contributed by atoms with Crippen molar-refractivity contribution in [2.75, 3.05) is 19.3 Å². The van der Waals surface area contributed by atoms with E-state index in [0.29, 0.717) is 5.56 Å². The molecule has 2 atom stereocenters. The largest absolute Gasteiger partial charge is 0.331 e. The number of carbonyl (C=O) groups excluding carboxylic acids is 1. The van der Waals surface area contributed by atoms with Crippen LogP contribution in [0, 0.1) is 0 Å². The molecule has 1 N–H and O–H groups in total. The quantitative estimate of drug-likeness (QED) is 0.881. The number of hydrogen-bond acceptors (Lipinski definition) is 4. The van der Waals surface area contributed by atoms with Gasteiger partial charge >= 0.3 is 0 Å². The highest BCUT2D eigenvalue weighted by Gasteiger charge is 2.29. The Balaban J connectivity index is 2.25. The molecule has 1 fully saturated rings. The summed E-state index contributed by atoms with van der Waals surface area (Å²) in [5.74, 6) is -0.0495. The minimum atomic E-state index is -3.23. The predicted molar refractivity (Wildman–Crippen MR) is 77.5 cm³/mol. The lowest BCUT2D eigenvalue weighted by Crippen LogP contribution is -2.57. The zero-order chi connectivity index (χ0) is 14.9. The number of sulfone groups is 1. The third-order valence-electron chi connectivity index (χ3n) is 3.59. The normalized spacial score (nSPS) is 23.6. The van der Waals surface area contributed by atoms with E-state index in [1.807, 2.05) is 18.7 Å². The maximum Gasteiger partial charge on any atom is 0.254 e. The van der Waals surface area contributed by atoms with Crippen molar-refractivity contribution >= 4 is 15.7 Å². The van der Waals surface area contributed by atoms with E-state index in [-0.39, 0.29) is 22.9 Å². The molecule has 110 valence electrons. The summed E-state index contributed by atoms with van der Waals surface area (Å²) < 4.78 is 22.8. The van der Waals surface area contributed by atoms with Crippen molar-refractivity contribution in [3.63, 3.8) is 0 Å². The summed E-state index contributed by atoms with van der Waals surface area (Å²) in [5.41, 5.74) is 0.526. The van der Waals surface area contributed by atoms with E-state index in [4.69, 9.17) is 0 Å². The minimum Gasteiger partial charge on any atom is -0.331 e. The van der Waals surface area contributed by atoms with E-state index in [9.17, 15) is 13.2 Å². The summed E-state index contributed by atoms with van der Waals surface area (Å²) in [6.45, 7) is 5.56. The molecule has 2 unspecified atom stereocenters. The van der Waals surface area contributed by atoms with Crippen LogP contribution >= 0.6 is 0 Å². The van der Waals surface area contributed by atoms with Gasteiger partial charge in [-0.15, -0.1) is 0 Å². The third kappa shape index (κ3) is 3.02. The van der Waals surface area contributed by atoms with Gasteiger partial charge in [-0.2, -0.15) is 0 Å². The van der Waals surface area contributed by atoms with Crippen LogP contribution in [0.15, 0.2) is 29.2 Å². The van der Waals surface area contributed by atoms with Crippen molar-refractivity contribution in [2.24, 2.45) is 0 Å². The second kappa shape index (κ2) is 5.54. The Kier molecular flexibility index (Phi) is 4.15. The van der Waals surface area contributed by atoms with Crippen LogP contribution in [0.3, 0.4) is 0 Å². The van der Waals surface area contributed by atoms with Crippen LogP contribution in [0.25, 0.3) is 0 Å². The second-order valence-electron chi connectivity index (χ2n) is 5.37. The molecular formula is C14H20N2O3S. The van der Waals surface area contributed by atoms with Gasteiger partial charge in [0.25, 0.3) is 5.91 Å². The topological polar surface area (TPSA) is 66.5 Å². The maximum atomic E-state index is 12.5. The summed E-state index contributed by atoms with van der Waals surface area (Å²) in [5, 5.41) is 3.28. The number of benzene rings is 1. The van der Waals surface area contributed by atoms with Gasteiger partial charge in [-0.25, -0.2) is 8.42 Å². The summed E-state index contributed by atoms with van der Waals surface area (Å²) in [6.07, 6.45) is 1.16. The smallest absolute Gasteiger partial charge is 0.254 e. The van der Waals surface area contributed by atoms with Crippen molar-refractivity contribution in [3.05, 3.63) is 29.8 Å². The molecule has 1 amide bonds. The predicted octanol–water partition coefficient (Wildman–Crippen LogP) is 0.912. The average Bonchev–Trinajstić information content (AvgIpc) is 2.37. The van der Waals surface area contributed by atoms with Gasteiger partial charge in [-0.3, -0.25) is 4.79 Å². The first-order valence-electron chi connectivity index (χ1n) is 6.64. The van der Waals surface area contributed by atoms with Gasteiger partial charge in [0.1, 0.15) is 0 Å². The monoisotopic (exact) mass is 296 g/mol. The molecule has 1 aromatic rings. The van der Waals surface area contributed by atoms with Gasteiger partial charge in [0.2, 0.25) is 0 Å². The highest BCUT2D eigenvalue weighted by molar-refractivity contribution is 7.90. The van der Waals surface area contributed by atoms with Crippen LogP contribution in [0.2, 0.25) is 0 Å².